The zero-order valence-corrected chi connectivity index (χ0v) is 15.0. The number of sulfonamides is 1. The molecule has 1 aromatic carbocycles. The highest BCUT2D eigenvalue weighted by atomic mass is 32.2. The molecule has 1 fully saturated rings. The summed E-state index contributed by atoms with van der Waals surface area (Å²) >= 11 is 0. The maximum Gasteiger partial charge on any atom is 0.243 e. The third kappa shape index (κ3) is 4.78. The average Bonchev–Trinajstić information content (AvgIpc) is 2.59. The molecule has 7 heteroatoms. The molecule has 0 aliphatic carbocycles. The summed E-state index contributed by atoms with van der Waals surface area (Å²) in [7, 11) is -3.46. The van der Waals surface area contributed by atoms with Gasteiger partial charge in [0.25, 0.3) is 0 Å². The molecule has 0 saturated carbocycles. The van der Waals surface area contributed by atoms with Crippen molar-refractivity contribution in [2.24, 2.45) is 11.7 Å². The van der Waals surface area contributed by atoms with Crippen LogP contribution in [0.1, 0.15) is 31.2 Å². The second kappa shape index (κ2) is 8.60. The number of rotatable bonds is 7. The van der Waals surface area contributed by atoms with Crippen molar-refractivity contribution < 1.29 is 13.2 Å². The maximum atomic E-state index is 12.6. The Labute approximate surface area is 144 Å². The highest BCUT2D eigenvalue weighted by molar-refractivity contribution is 7.89. The van der Waals surface area contributed by atoms with E-state index in [0.29, 0.717) is 43.9 Å². The Morgan fingerprint density at radius 1 is 1.21 bits per heavy atom. The molecule has 2 rings (SSSR count). The third-order valence-electron chi connectivity index (χ3n) is 4.41. The van der Waals surface area contributed by atoms with Crippen LogP contribution in [-0.2, 0) is 14.8 Å². The molecule has 24 heavy (non-hydrogen) atoms. The van der Waals surface area contributed by atoms with Crippen LogP contribution in [0, 0.1) is 12.8 Å². The first-order valence-electron chi connectivity index (χ1n) is 8.49. The van der Waals surface area contributed by atoms with Gasteiger partial charge in [-0.2, -0.15) is 4.31 Å². The zero-order chi connectivity index (χ0) is 17.6. The Morgan fingerprint density at radius 3 is 2.42 bits per heavy atom. The number of hydrogen-bond donors (Lipinski definition) is 2. The molecule has 0 radical (unpaired) electrons. The lowest BCUT2D eigenvalue weighted by atomic mass is 9.97. The Kier molecular flexibility index (Phi) is 6.77. The predicted octanol–water partition coefficient (Wildman–Crippen LogP) is 1.25. The quantitative estimate of drug-likeness (QED) is 0.722. The zero-order valence-electron chi connectivity index (χ0n) is 14.2. The summed E-state index contributed by atoms with van der Waals surface area (Å²) in [6.07, 6.45) is 2.90. The van der Waals surface area contributed by atoms with Gasteiger partial charge in [0.15, 0.2) is 0 Å². The highest BCUT2D eigenvalue weighted by Gasteiger charge is 2.31. The van der Waals surface area contributed by atoms with Crippen LogP contribution in [0.2, 0.25) is 0 Å². The van der Waals surface area contributed by atoms with Crippen molar-refractivity contribution in [3.05, 3.63) is 29.8 Å². The fourth-order valence-corrected chi connectivity index (χ4v) is 4.31. The van der Waals surface area contributed by atoms with Crippen LogP contribution < -0.4 is 11.1 Å². The molecule has 134 valence electrons. The number of hydrogen-bond acceptors (Lipinski definition) is 4. The molecule has 0 bridgehead atoms. The molecule has 1 amide bonds. The molecular formula is C17H27N3O3S. The third-order valence-corrected chi connectivity index (χ3v) is 6.33. The number of carbonyl (C=O) groups excluding carboxylic acids is 1. The van der Waals surface area contributed by atoms with Crippen LogP contribution in [0.3, 0.4) is 0 Å². The summed E-state index contributed by atoms with van der Waals surface area (Å²) in [5, 5.41) is 2.92. The lowest BCUT2D eigenvalue weighted by Crippen LogP contribution is -2.43. The van der Waals surface area contributed by atoms with Gasteiger partial charge in [-0.1, -0.05) is 17.7 Å². The van der Waals surface area contributed by atoms with E-state index in [9.17, 15) is 13.2 Å². The molecule has 3 N–H and O–H groups in total. The summed E-state index contributed by atoms with van der Waals surface area (Å²) in [5.74, 6) is -0.0771. The number of nitrogens with one attached hydrogen (secondary N) is 1. The van der Waals surface area contributed by atoms with Gasteiger partial charge in [0, 0.05) is 25.6 Å². The van der Waals surface area contributed by atoms with Crippen molar-refractivity contribution in [3.63, 3.8) is 0 Å². The molecule has 1 aromatic rings. The number of aryl methyl sites for hydroxylation is 1. The van der Waals surface area contributed by atoms with Gasteiger partial charge in [0.1, 0.15) is 0 Å². The second-order valence-corrected chi connectivity index (χ2v) is 8.22. The molecule has 0 atom stereocenters. The summed E-state index contributed by atoms with van der Waals surface area (Å²) in [6.45, 7) is 3.96. The number of piperidine rings is 1. The Morgan fingerprint density at radius 2 is 1.83 bits per heavy atom. The smallest absolute Gasteiger partial charge is 0.243 e. The van der Waals surface area contributed by atoms with Gasteiger partial charge in [0.2, 0.25) is 15.9 Å². The fraction of sp³-hybridized carbons (Fsp3) is 0.588. The van der Waals surface area contributed by atoms with Gasteiger partial charge in [0.05, 0.1) is 4.90 Å². The van der Waals surface area contributed by atoms with E-state index in [1.807, 2.05) is 6.92 Å². The Balaban J connectivity index is 1.87. The van der Waals surface area contributed by atoms with Crippen molar-refractivity contribution in [2.75, 3.05) is 26.2 Å². The van der Waals surface area contributed by atoms with Crippen molar-refractivity contribution in [1.82, 2.24) is 9.62 Å². The van der Waals surface area contributed by atoms with E-state index in [1.165, 1.54) is 4.31 Å². The van der Waals surface area contributed by atoms with Crippen molar-refractivity contribution >= 4 is 15.9 Å². The summed E-state index contributed by atoms with van der Waals surface area (Å²) in [5.41, 5.74) is 6.45. The largest absolute Gasteiger partial charge is 0.356 e. The number of benzene rings is 1. The second-order valence-electron chi connectivity index (χ2n) is 6.28. The van der Waals surface area contributed by atoms with Gasteiger partial charge in [-0.25, -0.2) is 8.42 Å². The molecule has 1 heterocycles. The standard InChI is InChI=1S/C17H27N3O3S/c1-14-4-6-16(7-5-14)24(22,23)20-12-8-15(9-13-20)17(21)19-11-3-2-10-18/h4-7,15H,2-3,8-13,18H2,1H3,(H,19,21). The van der Waals surface area contributed by atoms with Crippen LogP contribution >= 0.6 is 0 Å². The number of carbonyl (C=O) groups is 1. The van der Waals surface area contributed by atoms with Crippen LogP contribution in [0.25, 0.3) is 0 Å². The van der Waals surface area contributed by atoms with Crippen molar-refractivity contribution in [1.29, 1.82) is 0 Å². The number of unbranched alkanes of at least 4 members (excludes halogenated alkanes) is 1. The first kappa shape index (κ1) is 18.9. The van der Waals surface area contributed by atoms with E-state index in [1.54, 1.807) is 24.3 Å². The summed E-state index contributed by atoms with van der Waals surface area (Å²) in [6, 6.07) is 6.88. The van der Waals surface area contributed by atoms with E-state index in [2.05, 4.69) is 5.32 Å². The molecule has 0 spiro atoms. The van der Waals surface area contributed by atoms with Gasteiger partial charge >= 0.3 is 0 Å². The molecule has 1 aliphatic rings. The molecular weight excluding hydrogens is 326 g/mol. The fourth-order valence-electron chi connectivity index (χ4n) is 2.84. The maximum absolute atomic E-state index is 12.6. The van der Waals surface area contributed by atoms with Gasteiger partial charge in [-0.3, -0.25) is 4.79 Å². The molecule has 0 unspecified atom stereocenters. The Hall–Kier alpha value is -1.44. The predicted molar refractivity (Wildman–Crippen MR) is 94.0 cm³/mol. The molecule has 6 nitrogen and oxygen atoms in total. The molecule has 0 aromatic heterocycles. The first-order chi connectivity index (χ1) is 11.4. The molecule has 1 saturated heterocycles. The lowest BCUT2D eigenvalue weighted by molar-refractivity contribution is -0.126. The van der Waals surface area contributed by atoms with Gasteiger partial charge < -0.3 is 11.1 Å². The van der Waals surface area contributed by atoms with E-state index >= 15 is 0 Å². The van der Waals surface area contributed by atoms with E-state index in [-0.39, 0.29) is 11.8 Å². The summed E-state index contributed by atoms with van der Waals surface area (Å²) in [4.78, 5) is 12.4. The van der Waals surface area contributed by atoms with Crippen molar-refractivity contribution in [2.45, 2.75) is 37.5 Å². The van der Waals surface area contributed by atoms with E-state index < -0.39 is 10.0 Å². The normalized spacial score (nSPS) is 16.9. The lowest BCUT2D eigenvalue weighted by Gasteiger charge is -2.30. The number of amides is 1. The SMILES string of the molecule is Cc1ccc(S(=O)(=O)N2CCC(C(=O)NCCCCN)CC2)cc1. The minimum atomic E-state index is -3.46. The average molecular weight is 353 g/mol. The minimum Gasteiger partial charge on any atom is -0.356 e. The number of nitrogens with zero attached hydrogens (tertiary/aromatic N) is 1. The minimum absolute atomic E-state index is 0.0272. The van der Waals surface area contributed by atoms with E-state index in [0.717, 1.165) is 18.4 Å². The van der Waals surface area contributed by atoms with Gasteiger partial charge in [-0.15, -0.1) is 0 Å². The molecule has 1 aliphatic heterocycles. The Bertz CT molecular complexity index is 636. The van der Waals surface area contributed by atoms with Gasteiger partial charge in [-0.05, 0) is 51.3 Å². The number of nitrogens with two attached hydrogens (primary N) is 1. The highest BCUT2D eigenvalue weighted by Crippen LogP contribution is 2.24. The van der Waals surface area contributed by atoms with Crippen molar-refractivity contribution in [3.8, 4) is 0 Å². The monoisotopic (exact) mass is 353 g/mol. The van der Waals surface area contributed by atoms with E-state index in [4.69, 9.17) is 5.73 Å². The van der Waals surface area contributed by atoms with Crippen LogP contribution in [0.15, 0.2) is 29.2 Å². The topological polar surface area (TPSA) is 92.5 Å². The summed E-state index contributed by atoms with van der Waals surface area (Å²) < 4.78 is 26.7. The van der Waals surface area contributed by atoms with Crippen LogP contribution in [0.5, 0.6) is 0 Å². The van der Waals surface area contributed by atoms with Crippen LogP contribution in [0.4, 0.5) is 0 Å². The van der Waals surface area contributed by atoms with Crippen LogP contribution in [-0.4, -0.2) is 44.8 Å². The first-order valence-corrected chi connectivity index (χ1v) is 9.94.